The molecule has 1 N–H and O–H groups in total. The molecule has 0 bridgehead atoms. The van der Waals surface area contributed by atoms with E-state index in [-0.39, 0.29) is 11.5 Å². The van der Waals surface area contributed by atoms with Crippen molar-refractivity contribution in [3.8, 4) is 5.75 Å². The van der Waals surface area contributed by atoms with E-state index in [1.807, 2.05) is 38.1 Å². The Morgan fingerprint density at radius 3 is 2.29 bits per heavy atom. The maximum atomic E-state index is 10.3. The molecular weight excluding hydrogens is 212 g/mol. The molecule has 1 aromatic rings. The molecule has 17 heavy (non-hydrogen) atoms. The van der Waals surface area contributed by atoms with Crippen molar-refractivity contribution in [2.24, 2.45) is 5.41 Å². The van der Waals surface area contributed by atoms with Gasteiger partial charge in [0.15, 0.2) is 0 Å². The van der Waals surface area contributed by atoms with Crippen LogP contribution in [0.2, 0.25) is 0 Å². The van der Waals surface area contributed by atoms with Crippen LogP contribution in [0.15, 0.2) is 24.3 Å². The quantitative estimate of drug-likeness (QED) is 0.858. The van der Waals surface area contributed by atoms with Gasteiger partial charge in [-0.1, -0.05) is 39.0 Å². The topological polar surface area (TPSA) is 29.5 Å². The molecule has 0 aliphatic heterocycles. The summed E-state index contributed by atoms with van der Waals surface area (Å²) in [7, 11) is 0. The van der Waals surface area contributed by atoms with Crippen LogP contribution in [0.25, 0.3) is 0 Å². The first-order valence-corrected chi connectivity index (χ1v) is 6.23. The third-order valence-electron chi connectivity index (χ3n) is 2.45. The van der Waals surface area contributed by atoms with Gasteiger partial charge in [0.25, 0.3) is 0 Å². The van der Waals surface area contributed by atoms with Crippen LogP contribution in [-0.4, -0.2) is 11.2 Å². The molecule has 0 aliphatic carbocycles. The number of ether oxygens (including phenoxy) is 1. The molecule has 1 atom stereocenters. The molecule has 1 aromatic carbocycles. The average Bonchev–Trinajstić information content (AvgIpc) is 2.14. The fourth-order valence-electron chi connectivity index (χ4n) is 1.81. The molecule has 1 rings (SSSR count). The van der Waals surface area contributed by atoms with Crippen LogP contribution in [0.1, 0.15) is 52.7 Å². The standard InChI is InChI=1S/C15H24O2/c1-11(2)17-14-9-7-6-8-12(14)13(16)10-15(3,4)5/h6-9,11,13,16H,10H2,1-5H3. The molecule has 0 heterocycles. The van der Waals surface area contributed by atoms with Crippen LogP contribution < -0.4 is 4.74 Å². The Bertz CT molecular complexity index is 350. The Morgan fingerprint density at radius 1 is 1.18 bits per heavy atom. The molecule has 0 aliphatic rings. The van der Waals surface area contributed by atoms with E-state index in [9.17, 15) is 5.11 Å². The summed E-state index contributed by atoms with van der Waals surface area (Å²) in [5.41, 5.74) is 0.987. The second-order valence-corrected chi connectivity index (χ2v) is 5.99. The minimum atomic E-state index is -0.468. The normalized spacial score (nSPS) is 13.8. The number of aliphatic hydroxyl groups excluding tert-OH is 1. The van der Waals surface area contributed by atoms with Gasteiger partial charge in [-0.15, -0.1) is 0 Å². The first-order chi connectivity index (χ1) is 7.79. The van der Waals surface area contributed by atoms with Crippen LogP contribution in [0, 0.1) is 5.41 Å². The summed E-state index contributed by atoms with van der Waals surface area (Å²) >= 11 is 0. The summed E-state index contributed by atoms with van der Waals surface area (Å²) in [6.07, 6.45) is 0.383. The lowest BCUT2D eigenvalue weighted by Crippen LogP contribution is -2.14. The Hall–Kier alpha value is -1.02. The number of para-hydroxylation sites is 1. The van der Waals surface area contributed by atoms with Gasteiger partial charge >= 0.3 is 0 Å². The molecule has 2 nitrogen and oxygen atoms in total. The minimum absolute atomic E-state index is 0.102. The molecule has 0 amide bonds. The Kier molecular flexibility index (Phi) is 4.58. The Morgan fingerprint density at radius 2 is 1.76 bits per heavy atom. The van der Waals surface area contributed by atoms with E-state index in [0.717, 1.165) is 17.7 Å². The van der Waals surface area contributed by atoms with Gasteiger partial charge in [-0.2, -0.15) is 0 Å². The Labute approximate surface area is 105 Å². The third kappa shape index (κ3) is 4.78. The second kappa shape index (κ2) is 5.54. The molecule has 0 spiro atoms. The summed E-state index contributed by atoms with van der Waals surface area (Å²) in [6, 6.07) is 7.73. The van der Waals surface area contributed by atoms with E-state index < -0.39 is 6.10 Å². The summed E-state index contributed by atoms with van der Waals surface area (Å²) in [5, 5.41) is 10.3. The van der Waals surface area contributed by atoms with Crippen molar-refractivity contribution in [1.82, 2.24) is 0 Å². The van der Waals surface area contributed by atoms with Gasteiger partial charge in [-0.25, -0.2) is 0 Å². The second-order valence-electron chi connectivity index (χ2n) is 5.99. The van der Waals surface area contributed by atoms with Crippen molar-refractivity contribution >= 4 is 0 Å². The molecule has 1 unspecified atom stereocenters. The zero-order valence-corrected chi connectivity index (χ0v) is 11.5. The van der Waals surface area contributed by atoms with Gasteiger partial charge in [-0.3, -0.25) is 0 Å². The number of hydrogen-bond donors (Lipinski definition) is 1. The van der Waals surface area contributed by atoms with E-state index in [1.165, 1.54) is 0 Å². The summed E-state index contributed by atoms with van der Waals surface area (Å²) in [6.45, 7) is 10.4. The van der Waals surface area contributed by atoms with Crippen LogP contribution >= 0.6 is 0 Å². The zero-order chi connectivity index (χ0) is 13.1. The van der Waals surface area contributed by atoms with E-state index >= 15 is 0 Å². The van der Waals surface area contributed by atoms with Crippen LogP contribution in [0.3, 0.4) is 0 Å². The molecule has 0 radical (unpaired) electrons. The maximum absolute atomic E-state index is 10.3. The van der Waals surface area contributed by atoms with Gasteiger partial charge < -0.3 is 9.84 Å². The van der Waals surface area contributed by atoms with Crippen molar-refractivity contribution in [2.75, 3.05) is 0 Å². The number of benzene rings is 1. The van der Waals surface area contributed by atoms with Crippen molar-refractivity contribution in [3.63, 3.8) is 0 Å². The zero-order valence-electron chi connectivity index (χ0n) is 11.5. The molecule has 0 aromatic heterocycles. The molecule has 2 heteroatoms. The van der Waals surface area contributed by atoms with E-state index in [1.54, 1.807) is 0 Å². The van der Waals surface area contributed by atoms with E-state index in [0.29, 0.717) is 0 Å². The molecule has 96 valence electrons. The summed E-state index contributed by atoms with van der Waals surface area (Å²) in [4.78, 5) is 0. The summed E-state index contributed by atoms with van der Waals surface area (Å²) < 4.78 is 5.72. The first-order valence-electron chi connectivity index (χ1n) is 6.23. The Balaban J connectivity index is 2.88. The highest BCUT2D eigenvalue weighted by molar-refractivity contribution is 5.35. The van der Waals surface area contributed by atoms with Crippen molar-refractivity contribution in [3.05, 3.63) is 29.8 Å². The lowest BCUT2D eigenvalue weighted by molar-refractivity contribution is 0.116. The molecular formula is C15H24O2. The monoisotopic (exact) mass is 236 g/mol. The average molecular weight is 236 g/mol. The summed E-state index contributed by atoms with van der Waals surface area (Å²) in [5.74, 6) is 0.791. The third-order valence-corrected chi connectivity index (χ3v) is 2.45. The highest BCUT2D eigenvalue weighted by atomic mass is 16.5. The fraction of sp³-hybridized carbons (Fsp3) is 0.600. The van der Waals surface area contributed by atoms with Crippen LogP contribution in [0.5, 0.6) is 5.75 Å². The smallest absolute Gasteiger partial charge is 0.125 e. The number of hydrogen-bond acceptors (Lipinski definition) is 2. The van der Waals surface area contributed by atoms with Gasteiger partial charge in [-0.05, 0) is 31.7 Å². The van der Waals surface area contributed by atoms with Gasteiger partial charge in [0.05, 0.1) is 12.2 Å². The van der Waals surface area contributed by atoms with E-state index in [4.69, 9.17) is 4.74 Å². The minimum Gasteiger partial charge on any atom is -0.491 e. The molecule has 0 saturated heterocycles. The highest BCUT2D eigenvalue weighted by Gasteiger charge is 2.20. The fourth-order valence-corrected chi connectivity index (χ4v) is 1.81. The van der Waals surface area contributed by atoms with Crippen molar-refractivity contribution in [2.45, 2.75) is 53.2 Å². The van der Waals surface area contributed by atoms with Gasteiger partial charge in [0.1, 0.15) is 5.75 Å². The lowest BCUT2D eigenvalue weighted by atomic mass is 9.86. The maximum Gasteiger partial charge on any atom is 0.125 e. The van der Waals surface area contributed by atoms with Crippen molar-refractivity contribution < 1.29 is 9.84 Å². The predicted molar refractivity (Wildman–Crippen MR) is 71.2 cm³/mol. The largest absolute Gasteiger partial charge is 0.491 e. The number of rotatable bonds is 4. The van der Waals surface area contributed by atoms with Crippen molar-refractivity contribution in [1.29, 1.82) is 0 Å². The van der Waals surface area contributed by atoms with Gasteiger partial charge in [0, 0.05) is 5.56 Å². The van der Waals surface area contributed by atoms with Crippen LogP contribution in [0.4, 0.5) is 0 Å². The number of aliphatic hydroxyl groups is 1. The first kappa shape index (κ1) is 14.0. The van der Waals surface area contributed by atoms with Gasteiger partial charge in [0.2, 0.25) is 0 Å². The SMILES string of the molecule is CC(C)Oc1ccccc1C(O)CC(C)(C)C. The van der Waals surface area contributed by atoms with Crippen LogP contribution in [-0.2, 0) is 0 Å². The lowest BCUT2D eigenvalue weighted by Gasteiger charge is -2.24. The molecule has 0 fully saturated rings. The predicted octanol–water partition coefficient (Wildman–Crippen LogP) is 3.94. The molecule has 0 saturated carbocycles. The van der Waals surface area contributed by atoms with E-state index in [2.05, 4.69) is 20.8 Å². The highest BCUT2D eigenvalue weighted by Crippen LogP contribution is 2.34.